The van der Waals surface area contributed by atoms with Crippen molar-refractivity contribution in [2.75, 3.05) is 13.6 Å². The summed E-state index contributed by atoms with van der Waals surface area (Å²) < 4.78 is 26.0. The van der Waals surface area contributed by atoms with E-state index < -0.39 is 15.9 Å². The highest BCUT2D eigenvalue weighted by atomic mass is 35.5. The molecule has 0 aliphatic rings. The molecular weight excluding hydrogens is 407 g/mol. The van der Waals surface area contributed by atoms with Gasteiger partial charge in [-0.2, -0.15) is 4.31 Å². The number of amides is 1. The molecular formula is C16H15Cl3N2O3S. The van der Waals surface area contributed by atoms with Gasteiger partial charge in [0, 0.05) is 23.6 Å². The summed E-state index contributed by atoms with van der Waals surface area (Å²) in [6, 6.07) is 11.2. The topological polar surface area (TPSA) is 66.5 Å². The Hall–Kier alpha value is -1.31. The first kappa shape index (κ1) is 20.0. The highest BCUT2D eigenvalue weighted by molar-refractivity contribution is 7.89. The van der Waals surface area contributed by atoms with Crippen molar-refractivity contribution < 1.29 is 13.2 Å². The Morgan fingerprint density at radius 3 is 2.44 bits per heavy atom. The van der Waals surface area contributed by atoms with Crippen LogP contribution >= 0.6 is 34.8 Å². The van der Waals surface area contributed by atoms with Crippen molar-refractivity contribution in [2.45, 2.75) is 11.4 Å². The lowest BCUT2D eigenvalue weighted by Gasteiger charge is -2.18. The van der Waals surface area contributed by atoms with Gasteiger partial charge >= 0.3 is 0 Å². The van der Waals surface area contributed by atoms with Crippen LogP contribution in [0.25, 0.3) is 0 Å². The van der Waals surface area contributed by atoms with E-state index in [-0.39, 0.29) is 28.0 Å². The lowest BCUT2D eigenvalue weighted by molar-refractivity contribution is -0.121. The molecule has 1 N–H and O–H groups in total. The Labute approximate surface area is 161 Å². The van der Waals surface area contributed by atoms with Crippen molar-refractivity contribution in [1.29, 1.82) is 0 Å². The first-order chi connectivity index (χ1) is 11.7. The summed E-state index contributed by atoms with van der Waals surface area (Å²) in [6.45, 7) is -0.167. The molecule has 134 valence electrons. The Morgan fingerprint density at radius 1 is 1.08 bits per heavy atom. The number of hydrogen-bond donors (Lipinski definition) is 1. The van der Waals surface area contributed by atoms with Crippen molar-refractivity contribution in [3.05, 3.63) is 63.1 Å². The Bertz CT molecular complexity index is 888. The lowest BCUT2D eigenvalue weighted by atomic mass is 10.2. The second-order valence-electron chi connectivity index (χ2n) is 5.20. The van der Waals surface area contributed by atoms with E-state index in [0.29, 0.717) is 5.02 Å². The van der Waals surface area contributed by atoms with E-state index in [4.69, 9.17) is 34.8 Å². The minimum absolute atomic E-state index is 0.0349. The predicted molar refractivity (Wildman–Crippen MR) is 99.6 cm³/mol. The quantitative estimate of drug-likeness (QED) is 0.775. The fourth-order valence-corrected chi connectivity index (χ4v) is 4.08. The maximum Gasteiger partial charge on any atom is 0.244 e. The molecule has 2 aromatic rings. The summed E-state index contributed by atoms with van der Waals surface area (Å²) in [5, 5.41) is 3.42. The van der Waals surface area contributed by atoms with Gasteiger partial charge in [0.1, 0.15) is 4.90 Å². The van der Waals surface area contributed by atoms with Gasteiger partial charge in [0.05, 0.1) is 11.6 Å². The first-order valence-electron chi connectivity index (χ1n) is 7.13. The molecule has 0 bridgehead atoms. The monoisotopic (exact) mass is 420 g/mol. The average Bonchev–Trinajstić information content (AvgIpc) is 2.56. The largest absolute Gasteiger partial charge is 0.351 e. The molecule has 5 nitrogen and oxygen atoms in total. The van der Waals surface area contributed by atoms with E-state index >= 15 is 0 Å². The molecule has 0 aliphatic heterocycles. The van der Waals surface area contributed by atoms with Crippen LogP contribution < -0.4 is 5.32 Å². The van der Waals surface area contributed by atoms with Crippen molar-refractivity contribution in [1.82, 2.24) is 9.62 Å². The van der Waals surface area contributed by atoms with Gasteiger partial charge in [-0.3, -0.25) is 4.79 Å². The number of hydrogen-bond acceptors (Lipinski definition) is 3. The predicted octanol–water partition coefficient (Wildman–Crippen LogP) is 3.58. The summed E-state index contributed by atoms with van der Waals surface area (Å²) in [7, 11) is -2.65. The third-order valence-electron chi connectivity index (χ3n) is 3.38. The third kappa shape index (κ3) is 5.09. The smallest absolute Gasteiger partial charge is 0.244 e. The maximum atomic E-state index is 12.6. The van der Waals surface area contributed by atoms with Gasteiger partial charge in [-0.25, -0.2) is 8.42 Å². The lowest BCUT2D eigenvalue weighted by Crippen LogP contribution is -2.38. The third-order valence-corrected chi connectivity index (χ3v) is 6.27. The van der Waals surface area contributed by atoms with Crippen LogP contribution in [0.5, 0.6) is 0 Å². The molecule has 0 unspecified atom stereocenters. The summed E-state index contributed by atoms with van der Waals surface area (Å²) in [5.41, 5.74) is 0.737. The number of likely N-dealkylation sites (N-methyl/N-ethyl adjacent to an activating group) is 1. The van der Waals surface area contributed by atoms with Crippen LogP contribution in [0.15, 0.2) is 47.4 Å². The van der Waals surface area contributed by atoms with Crippen LogP contribution in [-0.2, 0) is 21.4 Å². The normalized spacial score (nSPS) is 11.6. The zero-order chi connectivity index (χ0) is 18.6. The fraction of sp³-hybridized carbons (Fsp3) is 0.188. The molecule has 0 saturated heterocycles. The number of sulfonamides is 1. The molecule has 2 rings (SSSR count). The number of rotatable bonds is 6. The molecule has 0 aliphatic carbocycles. The van der Waals surface area contributed by atoms with Crippen LogP contribution in [0.4, 0.5) is 0 Å². The second kappa shape index (κ2) is 8.38. The highest BCUT2D eigenvalue weighted by Gasteiger charge is 2.25. The molecule has 0 aromatic heterocycles. The summed E-state index contributed by atoms with van der Waals surface area (Å²) in [4.78, 5) is 11.9. The highest BCUT2D eigenvalue weighted by Crippen LogP contribution is 2.27. The van der Waals surface area contributed by atoms with Gasteiger partial charge in [0.15, 0.2) is 0 Å². The molecule has 0 spiro atoms. The van der Waals surface area contributed by atoms with E-state index in [1.54, 1.807) is 24.3 Å². The van der Waals surface area contributed by atoms with E-state index in [1.165, 1.54) is 25.2 Å². The van der Waals surface area contributed by atoms with Gasteiger partial charge in [-0.1, -0.05) is 53.0 Å². The summed E-state index contributed by atoms with van der Waals surface area (Å²) in [6.07, 6.45) is 0. The molecule has 0 heterocycles. The zero-order valence-corrected chi connectivity index (χ0v) is 16.3. The average molecular weight is 422 g/mol. The van der Waals surface area contributed by atoms with E-state index in [9.17, 15) is 13.2 Å². The summed E-state index contributed by atoms with van der Waals surface area (Å²) in [5.74, 6) is -0.468. The van der Waals surface area contributed by atoms with E-state index in [0.717, 1.165) is 9.87 Å². The van der Waals surface area contributed by atoms with Crippen molar-refractivity contribution in [2.24, 2.45) is 0 Å². The van der Waals surface area contributed by atoms with Gasteiger partial charge in [0.25, 0.3) is 0 Å². The number of halogens is 3. The van der Waals surface area contributed by atoms with Crippen LogP contribution in [-0.4, -0.2) is 32.2 Å². The molecule has 0 fully saturated rings. The van der Waals surface area contributed by atoms with E-state index in [2.05, 4.69) is 5.32 Å². The molecule has 0 radical (unpaired) electrons. The van der Waals surface area contributed by atoms with Gasteiger partial charge in [-0.15, -0.1) is 0 Å². The number of benzene rings is 2. The molecule has 0 atom stereocenters. The minimum Gasteiger partial charge on any atom is -0.351 e. The number of nitrogens with zero attached hydrogens (tertiary/aromatic N) is 1. The Kier molecular flexibility index (Phi) is 6.71. The van der Waals surface area contributed by atoms with Crippen LogP contribution in [0.3, 0.4) is 0 Å². The Morgan fingerprint density at radius 2 is 1.76 bits per heavy atom. The van der Waals surface area contributed by atoms with Gasteiger partial charge in [-0.05, 0) is 29.8 Å². The molecule has 2 aromatic carbocycles. The van der Waals surface area contributed by atoms with Crippen LogP contribution in [0, 0.1) is 0 Å². The fourth-order valence-electron chi connectivity index (χ4n) is 2.02. The van der Waals surface area contributed by atoms with Crippen molar-refractivity contribution >= 4 is 50.7 Å². The minimum atomic E-state index is -3.95. The Balaban J connectivity index is 2.05. The standard InChI is InChI=1S/C16H15Cl3N2O3S/c1-21(25(23,24)15-8-12(17)6-7-14(15)19)10-16(22)20-9-11-4-2-3-5-13(11)18/h2-8H,9-10H2,1H3,(H,20,22). The van der Waals surface area contributed by atoms with Gasteiger partial charge < -0.3 is 5.32 Å². The maximum absolute atomic E-state index is 12.6. The number of nitrogens with one attached hydrogen (secondary N) is 1. The van der Waals surface area contributed by atoms with Crippen molar-refractivity contribution in [3.63, 3.8) is 0 Å². The van der Waals surface area contributed by atoms with Gasteiger partial charge in [0.2, 0.25) is 15.9 Å². The summed E-state index contributed by atoms with van der Waals surface area (Å²) >= 11 is 17.8. The second-order valence-corrected chi connectivity index (χ2v) is 8.47. The molecule has 1 amide bonds. The van der Waals surface area contributed by atoms with Crippen molar-refractivity contribution in [3.8, 4) is 0 Å². The molecule has 9 heteroatoms. The SMILES string of the molecule is CN(CC(=O)NCc1ccccc1Cl)S(=O)(=O)c1cc(Cl)ccc1Cl. The van der Waals surface area contributed by atoms with E-state index in [1.807, 2.05) is 0 Å². The number of carbonyl (C=O) groups excluding carboxylic acids is 1. The van der Waals surface area contributed by atoms with Crippen LogP contribution in [0.2, 0.25) is 15.1 Å². The first-order valence-corrected chi connectivity index (χ1v) is 9.70. The molecule has 0 saturated carbocycles. The zero-order valence-electron chi connectivity index (χ0n) is 13.2. The number of carbonyl (C=O) groups is 1. The van der Waals surface area contributed by atoms with Crippen LogP contribution in [0.1, 0.15) is 5.56 Å². The molecule has 25 heavy (non-hydrogen) atoms.